The fourth-order valence-corrected chi connectivity index (χ4v) is 3.03. The highest BCUT2D eigenvalue weighted by molar-refractivity contribution is 5.89. The van der Waals surface area contributed by atoms with Crippen LogP contribution in [0.5, 0.6) is 0 Å². The topological polar surface area (TPSA) is 75.3 Å². The molecule has 1 N–H and O–H groups in total. The Kier molecular flexibility index (Phi) is 5.54. The van der Waals surface area contributed by atoms with Crippen molar-refractivity contribution in [2.75, 3.05) is 18.0 Å². The molecule has 27 heavy (non-hydrogen) atoms. The average molecular weight is 365 g/mol. The van der Waals surface area contributed by atoms with Gasteiger partial charge in [0.15, 0.2) is 0 Å². The quantitative estimate of drug-likeness (QED) is 0.677. The number of carbonyl (C=O) groups is 1. The molecule has 3 aromatic rings. The van der Waals surface area contributed by atoms with Crippen LogP contribution >= 0.6 is 0 Å². The molecule has 6 nitrogen and oxygen atoms in total. The van der Waals surface area contributed by atoms with Gasteiger partial charge >= 0.3 is 5.97 Å². The molecule has 0 spiro atoms. The highest BCUT2D eigenvalue weighted by atomic mass is 16.5. The SMILES string of the molecule is CCN(CC)c1ccc(C(=O)OCc2nc3c(C)cccc3c(=O)[nH]2)cc1. The first-order valence-corrected chi connectivity index (χ1v) is 9.04. The summed E-state index contributed by atoms with van der Waals surface area (Å²) in [5, 5.41) is 0.525. The Hall–Kier alpha value is -3.15. The van der Waals surface area contributed by atoms with Gasteiger partial charge in [-0.3, -0.25) is 4.79 Å². The van der Waals surface area contributed by atoms with Gasteiger partial charge in [0, 0.05) is 18.8 Å². The molecule has 3 rings (SSSR count). The van der Waals surface area contributed by atoms with E-state index in [1.165, 1.54) is 0 Å². The van der Waals surface area contributed by atoms with Gasteiger partial charge in [0.05, 0.1) is 16.5 Å². The standard InChI is InChI=1S/C21H23N3O3/c1-4-24(5-2)16-11-9-15(10-12-16)21(26)27-13-18-22-19-14(3)7-6-8-17(19)20(25)23-18/h6-12H,4-5,13H2,1-3H3,(H,22,23,25). The third-order valence-corrected chi connectivity index (χ3v) is 4.56. The van der Waals surface area contributed by atoms with Crippen LogP contribution in [-0.4, -0.2) is 29.0 Å². The van der Waals surface area contributed by atoms with Crippen molar-refractivity contribution in [2.24, 2.45) is 0 Å². The molecule has 0 unspecified atom stereocenters. The molecule has 0 fully saturated rings. The number of nitrogens with zero attached hydrogens (tertiary/aromatic N) is 2. The summed E-state index contributed by atoms with van der Waals surface area (Å²) < 4.78 is 5.33. The molecule has 6 heteroatoms. The number of nitrogens with one attached hydrogen (secondary N) is 1. The smallest absolute Gasteiger partial charge is 0.338 e. The number of para-hydroxylation sites is 1. The minimum absolute atomic E-state index is 0.0872. The Morgan fingerprint density at radius 1 is 1.11 bits per heavy atom. The van der Waals surface area contributed by atoms with Crippen LogP contribution in [-0.2, 0) is 11.3 Å². The van der Waals surface area contributed by atoms with Gasteiger partial charge in [0.1, 0.15) is 12.4 Å². The third-order valence-electron chi connectivity index (χ3n) is 4.56. The number of benzene rings is 2. The van der Waals surface area contributed by atoms with Gasteiger partial charge in [-0.05, 0) is 56.7 Å². The molecule has 1 heterocycles. The first-order valence-electron chi connectivity index (χ1n) is 9.04. The van der Waals surface area contributed by atoms with E-state index in [0.29, 0.717) is 22.3 Å². The molecule has 0 radical (unpaired) electrons. The Morgan fingerprint density at radius 3 is 2.48 bits per heavy atom. The van der Waals surface area contributed by atoms with Gasteiger partial charge in [0.25, 0.3) is 5.56 Å². The molecule has 0 aliphatic carbocycles. The number of carbonyl (C=O) groups excluding carboxylic acids is 1. The highest BCUT2D eigenvalue weighted by Crippen LogP contribution is 2.16. The summed E-state index contributed by atoms with van der Waals surface area (Å²) in [7, 11) is 0. The Bertz CT molecular complexity index is 1010. The van der Waals surface area contributed by atoms with Crippen LogP contribution in [0.2, 0.25) is 0 Å². The maximum absolute atomic E-state index is 12.3. The molecule has 140 valence electrons. The zero-order chi connectivity index (χ0) is 19.4. The summed E-state index contributed by atoms with van der Waals surface area (Å²) in [4.78, 5) is 33.8. The number of fused-ring (bicyclic) bond motifs is 1. The van der Waals surface area contributed by atoms with Crippen molar-refractivity contribution in [2.45, 2.75) is 27.4 Å². The lowest BCUT2D eigenvalue weighted by Gasteiger charge is -2.20. The van der Waals surface area contributed by atoms with Crippen molar-refractivity contribution < 1.29 is 9.53 Å². The molecule has 0 amide bonds. The molecule has 0 saturated carbocycles. The second-order valence-electron chi connectivity index (χ2n) is 6.28. The van der Waals surface area contributed by atoms with Crippen LogP contribution in [0.1, 0.15) is 35.6 Å². The molecule has 0 aliphatic rings. The second kappa shape index (κ2) is 8.03. The Balaban J connectivity index is 1.73. The van der Waals surface area contributed by atoms with Crippen LogP contribution in [0.3, 0.4) is 0 Å². The summed E-state index contributed by atoms with van der Waals surface area (Å²) in [6, 6.07) is 12.7. The van der Waals surface area contributed by atoms with Crippen molar-refractivity contribution in [1.29, 1.82) is 0 Å². The van der Waals surface area contributed by atoms with Gasteiger partial charge in [-0.1, -0.05) is 12.1 Å². The van der Waals surface area contributed by atoms with Gasteiger partial charge < -0.3 is 14.6 Å². The lowest BCUT2D eigenvalue weighted by atomic mass is 10.1. The number of anilines is 1. The molecule has 0 saturated heterocycles. The summed E-state index contributed by atoms with van der Waals surface area (Å²) in [5.41, 5.74) is 2.81. The van der Waals surface area contributed by atoms with Crippen LogP contribution in [0.25, 0.3) is 10.9 Å². The van der Waals surface area contributed by atoms with Crippen molar-refractivity contribution in [3.05, 3.63) is 69.8 Å². The number of rotatable bonds is 6. The molecular formula is C21H23N3O3. The monoisotopic (exact) mass is 365 g/mol. The predicted molar refractivity (Wildman–Crippen MR) is 106 cm³/mol. The first kappa shape index (κ1) is 18.6. The van der Waals surface area contributed by atoms with Crippen molar-refractivity contribution in [3.8, 4) is 0 Å². The fraction of sp³-hybridized carbons (Fsp3) is 0.286. The van der Waals surface area contributed by atoms with E-state index in [1.54, 1.807) is 18.2 Å². The van der Waals surface area contributed by atoms with Crippen LogP contribution in [0.15, 0.2) is 47.3 Å². The highest BCUT2D eigenvalue weighted by Gasteiger charge is 2.11. The van der Waals surface area contributed by atoms with Crippen molar-refractivity contribution in [1.82, 2.24) is 9.97 Å². The number of aromatic amines is 1. The number of esters is 1. The molecule has 0 aliphatic heterocycles. The average Bonchev–Trinajstić information content (AvgIpc) is 2.68. The van der Waals surface area contributed by atoms with Gasteiger partial charge in [-0.15, -0.1) is 0 Å². The number of hydrogen-bond donors (Lipinski definition) is 1. The van der Waals surface area contributed by atoms with Gasteiger partial charge in [-0.2, -0.15) is 0 Å². The molecule has 2 aromatic carbocycles. The molecule has 0 atom stereocenters. The van der Waals surface area contributed by atoms with Gasteiger partial charge in [0.2, 0.25) is 0 Å². The molecule has 0 bridgehead atoms. The van der Waals surface area contributed by atoms with Crippen molar-refractivity contribution >= 4 is 22.6 Å². The van der Waals surface area contributed by atoms with E-state index in [-0.39, 0.29) is 12.2 Å². The Morgan fingerprint density at radius 2 is 1.81 bits per heavy atom. The number of H-pyrrole nitrogens is 1. The number of ether oxygens (including phenoxy) is 1. The van der Waals surface area contributed by atoms with Crippen LogP contribution in [0.4, 0.5) is 5.69 Å². The van der Waals surface area contributed by atoms with E-state index in [1.807, 2.05) is 31.2 Å². The van der Waals surface area contributed by atoms with E-state index in [4.69, 9.17) is 4.74 Å². The minimum Gasteiger partial charge on any atom is -0.454 e. The summed E-state index contributed by atoms with van der Waals surface area (Å²) >= 11 is 0. The predicted octanol–water partition coefficient (Wildman–Crippen LogP) is 3.43. The number of hydrogen-bond acceptors (Lipinski definition) is 5. The van der Waals surface area contributed by atoms with E-state index >= 15 is 0 Å². The fourth-order valence-electron chi connectivity index (χ4n) is 3.03. The first-order chi connectivity index (χ1) is 13.0. The number of aryl methyl sites for hydroxylation is 1. The van der Waals surface area contributed by atoms with E-state index in [0.717, 1.165) is 24.3 Å². The maximum Gasteiger partial charge on any atom is 0.338 e. The molecule has 1 aromatic heterocycles. The van der Waals surface area contributed by atoms with Crippen LogP contribution in [0, 0.1) is 6.92 Å². The van der Waals surface area contributed by atoms with E-state index in [9.17, 15) is 9.59 Å². The molecular weight excluding hydrogens is 342 g/mol. The zero-order valence-electron chi connectivity index (χ0n) is 15.8. The lowest BCUT2D eigenvalue weighted by Crippen LogP contribution is -2.21. The van der Waals surface area contributed by atoms with E-state index < -0.39 is 5.97 Å². The van der Waals surface area contributed by atoms with Crippen molar-refractivity contribution in [3.63, 3.8) is 0 Å². The van der Waals surface area contributed by atoms with E-state index in [2.05, 4.69) is 28.7 Å². The zero-order valence-corrected chi connectivity index (χ0v) is 15.8. The lowest BCUT2D eigenvalue weighted by molar-refractivity contribution is 0.0462. The summed E-state index contributed by atoms with van der Waals surface area (Å²) in [6.07, 6.45) is 0. The minimum atomic E-state index is -0.450. The Labute approximate surface area is 157 Å². The second-order valence-corrected chi connectivity index (χ2v) is 6.28. The summed E-state index contributed by atoms with van der Waals surface area (Å²) in [5.74, 6) is -0.122. The maximum atomic E-state index is 12.3. The largest absolute Gasteiger partial charge is 0.454 e. The summed E-state index contributed by atoms with van der Waals surface area (Å²) in [6.45, 7) is 7.79. The van der Waals surface area contributed by atoms with Crippen LogP contribution < -0.4 is 10.5 Å². The normalized spacial score (nSPS) is 10.8. The third kappa shape index (κ3) is 4.00. The van der Waals surface area contributed by atoms with Gasteiger partial charge in [-0.25, -0.2) is 9.78 Å². The number of aromatic nitrogens is 2.